The van der Waals surface area contributed by atoms with Gasteiger partial charge in [-0.2, -0.15) is 15.2 Å². The number of nitrogens with one attached hydrogen (secondary N) is 1. The molecule has 0 spiro atoms. The third kappa shape index (κ3) is 6.25. The van der Waals surface area contributed by atoms with Crippen molar-refractivity contribution in [2.45, 2.75) is 52.4 Å². The lowest BCUT2D eigenvalue weighted by molar-refractivity contribution is -0.393. The fourth-order valence-corrected chi connectivity index (χ4v) is 3.89. The summed E-state index contributed by atoms with van der Waals surface area (Å²) in [5.41, 5.74) is 3.55. The van der Waals surface area contributed by atoms with E-state index < -0.39 is 27.1 Å². The number of carbonyl (C=O) groups is 1. The van der Waals surface area contributed by atoms with Gasteiger partial charge in [0.15, 0.2) is 0 Å². The molecule has 0 saturated carbocycles. The molecular weight excluding hydrogens is 452 g/mol. The van der Waals surface area contributed by atoms with Crippen LogP contribution in [-0.2, 0) is 4.79 Å². The van der Waals surface area contributed by atoms with Crippen LogP contribution in [0.1, 0.15) is 52.4 Å². The summed E-state index contributed by atoms with van der Waals surface area (Å²) >= 11 is 0. The minimum Gasteiger partial charge on any atom is -0.272 e. The van der Waals surface area contributed by atoms with E-state index in [1.807, 2.05) is 18.2 Å². The number of rotatable bonds is 12. The van der Waals surface area contributed by atoms with Gasteiger partial charge in [-0.05, 0) is 38.0 Å². The average molecular weight is 481 g/mol. The number of amides is 1. The first-order chi connectivity index (χ1) is 16.8. The third-order valence-corrected chi connectivity index (χ3v) is 5.71. The monoisotopic (exact) mass is 480 g/mol. The van der Waals surface area contributed by atoms with Crippen LogP contribution in [0.15, 0.2) is 58.7 Å². The maximum Gasteiger partial charge on any atom is 0.301 e. The summed E-state index contributed by atoms with van der Waals surface area (Å²) in [5, 5.41) is 32.7. The predicted molar refractivity (Wildman–Crippen MR) is 135 cm³/mol. The SMILES string of the molecule is CCCCCCC/C(=N/Nc1ccc([N+](=O)[O-])cc1[N+](=O)[O-])[C@H]1C(=O)N(c2ccccc2)N=C1C. The molecule has 2 aromatic carbocycles. The number of nitrogens with zero attached hydrogens (tertiary/aromatic N) is 5. The van der Waals surface area contributed by atoms with Gasteiger partial charge in [0.25, 0.3) is 11.6 Å². The highest BCUT2D eigenvalue weighted by Crippen LogP contribution is 2.30. The van der Waals surface area contributed by atoms with Gasteiger partial charge < -0.3 is 0 Å². The average Bonchev–Trinajstić information content (AvgIpc) is 3.15. The number of non-ortho nitro benzene ring substituents is 1. The van der Waals surface area contributed by atoms with E-state index in [0.717, 1.165) is 38.2 Å². The van der Waals surface area contributed by atoms with Gasteiger partial charge in [-0.25, -0.2) is 0 Å². The number of para-hydroxylation sites is 1. The van der Waals surface area contributed by atoms with Crippen LogP contribution in [0.2, 0.25) is 0 Å². The number of nitro benzene ring substituents is 2. The van der Waals surface area contributed by atoms with Gasteiger partial charge in [-0.15, -0.1) is 0 Å². The predicted octanol–water partition coefficient (Wildman–Crippen LogP) is 5.67. The Kier molecular flexibility index (Phi) is 8.60. The smallest absolute Gasteiger partial charge is 0.272 e. The normalized spacial score (nSPS) is 15.8. The highest BCUT2D eigenvalue weighted by molar-refractivity contribution is 6.28. The van der Waals surface area contributed by atoms with Gasteiger partial charge >= 0.3 is 5.69 Å². The Balaban J connectivity index is 1.89. The lowest BCUT2D eigenvalue weighted by Crippen LogP contribution is -2.33. The summed E-state index contributed by atoms with van der Waals surface area (Å²) in [7, 11) is 0. The van der Waals surface area contributed by atoms with Crippen LogP contribution in [-0.4, -0.2) is 27.2 Å². The van der Waals surface area contributed by atoms with Crippen LogP contribution in [0.4, 0.5) is 22.7 Å². The number of anilines is 2. The van der Waals surface area contributed by atoms with Crippen molar-refractivity contribution in [2.24, 2.45) is 16.1 Å². The molecule has 0 saturated heterocycles. The maximum atomic E-state index is 13.3. The van der Waals surface area contributed by atoms with E-state index in [1.165, 1.54) is 17.1 Å². The van der Waals surface area contributed by atoms with Gasteiger partial charge in [0.05, 0.1) is 33.0 Å². The molecule has 1 atom stereocenters. The molecule has 1 amide bonds. The zero-order valence-corrected chi connectivity index (χ0v) is 19.7. The Morgan fingerprint density at radius 1 is 1.06 bits per heavy atom. The van der Waals surface area contributed by atoms with Crippen molar-refractivity contribution in [3.8, 4) is 0 Å². The van der Waals surface area contributed by atoms with Crippen LogP contribution >= 0.6 is 0 Å². The van der Waals surface area contributed by atoms with Crippen molar-refractivity contribution in [1.82, 2.24) is 0 Å². The summed E-state index contributed by atoms with van der Waals surface area (Å²) in [6, 6.07) is 12.4. The summed E-state index contributed by atoms with van der Waals surface area (Å²) in [5.74, 6) is -0.952. The summed E-state index contributed by atoms with van der Waals surface area (Å²) in [4.78, 5) is 34.4. The quantitative estimate of drug-likeness (QED) is 0.179. The molecule has 1 aliphatic heterocycles. The first-order valence-corrected chi connectivity index (χ1v) is 11.5. The van der Waals surface area contributed by atoms with Crippen molar-refractivity contribution in [3.63, 3.8) is 0 Å². The molecule has 0 bridgehead atoms. The number of carbonyl (C=O) groups excluding carboxylic acids is 1. The first-order valence-electron chi connectivity index (χ1n) is 11.5. The molecule has 1 heterocycles. The second-order valence-electron chi connectivity index (χ2n) is 8.25. The van der Waals surface area contributed by atoms with E-state index in [4.69, 9.17) is 0 Å². The van der Waals surface area contributed by atoms with Gasteiger partial charge in [0.1, 0.15) is 11.6 Å². The lowest BCUT2D eigenvalue weighted by atomic mass is 9.93. The molecule has 184 valence electrons. The molecule has 11 heteroatoms. The van der Waals surface area contributed by atoms with E-state index in [9.17, 15) is 25.0 Å². The van der Waals surface area contributed by atoms with Crippen LogP contribution in [0, 0.1) is 26.1 Å². The number of nitro groups is 2. The fourth-order valence-electron chi connectivity index (χ4n) is 3.89. The number of hydrogen-bond donors (Lipinski definition) is 1. The molecule has 0 fully saturated rings. The Morgan fingerprint density at radius 2 is 1.77 bits per heavy atom. The summed E-state index contributed by atoms with van der Waals surface area (Å²) in [6.45, 7) is 3.88. The van der Waals surface area contributed by atoms with Gasteiger partial charge in [-0.3, -0.25) is 30.4 Å². The first kappa shape index (κ1) is 25.5. The van der Waals surface area contributed by atoms with Gasteiger partial charge in [0, 0.05) is 6.07 Å². The van der Waals surface area contributed by atoms with Crippen LogP contribution in [0.5, 0.6) is 0 Å². The van der Waals surface area contributed by atoms with Crippen molar-refractivity contribution in [1.29, 1.82) is 0 Å². The lowest BCUT2D eigenvalue weighted by Gasteiger charge is -2.16. The highest BCUT2D eigenvalue weighted by atomic mass is 16.6. The summed E-state index contributed by atoms with van der Waals surface area (Å²) < 4.78 is 0. The van der Waals surface area contributed by atoms with Crippen molar-refractivity contribution >= 4 is 40.1 Å². The second-order valence-corrected chi connectivity index (χ2v) is 8.25. The van der Waals surface area contributed by atoms with Crippen molar-refractivity contribution in [2.75, 3.05) is 10.4 Å². The van der Waals surface area contributed by atoms with E-state index in [1.54, 1.807) is 19.1 Å². The molecule has 11 nitrogen and oxygen atoms in total. The molecule has 2 aromatic rings. The topological polar surface area (TPSA) is 143 Å². The molecule has 1 N–H and O–H groups in total. The molecule has 35 heavy (non-hydrogen) atoms. The second kappa shape index (κ2) is 11.8. The Hall–Kier alpha value is -4.15. The molecule has 0 unspecified atom stereocenters. The molecule has 1 aliphatic rings. The molecule has 0 aromatic heterocycles. The highest BCUT2D eigenvalue weighted by Gasteiger charge is 2.38. The Labute approximate surface area is 202 Å². The molecule has 3 rings (SSSR count). The minimum absolute atomic E-state index is 0.00374. The van der Waals surface area contributed by atoms with Crippen LogP contribution in [0.25, 0.3) is 0 Å². The van der Waals surface area contributed by atoms with Gasteiger partial charge in [-0.1, -0.05) is 50.8 Å². The summed E-state index contributed by atoms with van der Waals surface area (Å²) in [6.07, 6.45) is 5.54. The standard InChI is InChI=1S/C24H28N6O5/c1-3-4-5-6-10-13-21(23-17(2)27-28(24(23)31)18-11-8-7-9-12-18)26-25-20-15-14-19(29(32)33)16-22(20)30(34)35/h7-9,11-12,14-16,23,25H,3-6,10,13H2,1-2H3/b26-21-/t23-/m0/s1. The zero-order valence-electron chi connectivity index (χ0n) is 19.7. The maximum absolute atomic E-state index is 13.3. The third-order valence-electron chi connectivity index (χ3n) is 5.71. The van der Waals surface area contributed by atoms with Gasteiger partial charge in [0.2, 0.25) is 0 Å². The number of hydrazone groups is 2. The molecular formula is C24H28N6O5. The molecule has 0 radical (unpaired) electrons. The zero-order chi connectivity index (χ0) is 25.4. The van der Waals surface area contributed by atoms with Crippen molar-refractivity contribution < 1.29 is 14.6 Å². The van der Waals surface area contributed by atoms with Crippen molar-refractivity contribution in [3.05, 3.63) is 68.8 Å². The van der Waals surface area contributed by atoms with Crippen LogP contribution < -0.4 is 10.4 Å². The van der Waals surface area contributed by atoms with E-state index >= 15 is 0 Å². The van der Waals surface area contributed by atoms with E-state index in [2.05, 4.69) is 22.6 Å². The Bertz CT molecular complexity index is 1150. The Morgan fingerprint density at radius 3 is 2.43 bits per heavy atom. The van der Waals surface area contributed by atoms with Crippen LogP contribution in [0.3, 0.4) is 0 Å². The number of benzene rings is 2. The molecule has 0 aliphatic carbocycles. The van der Waals surface area contributed by atoms with E-state index in [0.29, 0.717) is 23.5 Å². The fraction of sp³-hybridized carbons (Fsp3) is 0.375. The minimum atomic E-state index is -0.708. The van der Waals surface area contributed by atoms with E-state index in [-0.39, 0.29) is 11.6 Å². The number of unbranched alkanes of at least 4 members (excludes halogenated alkanes) is 4. The number of hydrogen-bond acceptors (Lipinski definition) is 8. The largest absolute Gasteiger partial charge is 0.301 e.